The van der Waals surface area contributed by atoms with Gasteiger partial charge in [-0.25, -0.2) is 15.0 Å². The van der Waals surface area contributed by atoms with Crippen molar-refractivity contribution in [3.63, 3.8) is 0 Å². The summed E-state index contributed by atoms with van der Waals surface area (Å²) >= 11 is 6.57. The monoisotopic (exact) mass is 518 g/mol. The maximum atomic E-state index is 11.3. The second-order valence-electron chi connectivity index (χ2n) is 9.25. The van der Waals surface area contributed by atoms with E-state index in [1.165, 1.54) is 0 Å². The van der Waals surface area contributed by atoms with Gasteiger partial charge in [0.15, 0.2) is 5.15 Å². The van der Waals surface area contributed by atoms with Crippen LogP contribution in [0.4, 0.5) is 0 Å². The minimum absolute atomic E-state index is 0.180. The van der Waals surface area contributed by atoms with E-state index in [0.717, 1.165) is 63.9 Å². The molecule has 2 aromatic carbocycles. The number of nitrogens with zero attached hydrogens (tertiary/aromatic N) is 4. The van der Waals surface area contributed by atoms with Gasteiger partial charge in [0, 0.05) is 34.8 Å². The van der Waals surface area contributed by atoms with Gasteiger partial charge in [-0.15, -0.1) is 0 Å². The number of halogens is 1. The topological polar surface area (TPSA) is 86.5 Å². The van der Waals surface area contributed by atoms with Gasteiger partial charge < -0.3 is 0 Å². The summed E-state index contributed by atoms with van der Waals surface area (Å²) in [5, 5.41) is 1.42. The third-order valence-corrected chi connectivity index (χ3v) is 7.53. The maximum absolute atomic E-state index is 11.3. The molecule has 0 saturated heterocycles. The van der Waals surface area contributed by atoms with Crippen LogP contribution in [0, 0.1) is 5.92 Å². The molecule has 0 radical (unpaired) electrons. The first kappa shape index (κ1) is 23.1. The van der Waals surface area contributed by atoms with E-state index in [-0.39, 0.29) is 18.4 Å². The van der Waals surface area contributed by atoms with E-state index in [4.69, 9.17) is 25.8 Å². The minimum atomic E-state index is -3.44. The summed E-state index contributed by atoms with van der Waals surface area (Å²) in [7, 11) is -3.44. The third-order valence-electron chi connectivity index (χ3n) is 6.69. The van der Waals surface area contributed by atoms with Gasteiger partial charge in [-0.2, -0.15) is 8.42 Å². The lowest BCUT2D eigenvalue weighted by atomic mass is 9.75. The molecule has 6 rings (SSSR count). The van der Waals surface area contributed by atoms with Gasteiger partial charge in [0.25, 0.3) is 10.1 Å². The number of benzene rings is 2. The number of imidazole rings is 1. The zero-order valence-electron chi connectivity index (χ0n) is 19.5. The molecule has 1 aliphatic carbocycles. The van der Waals surface area contributed by atoms with Gasteiger partial charge >= 0.3 is 0 Å². The average molecular weight is 519 g/mol. The van der Waals surface area contributed by atoms with Crippen molar-refractivity contribution in [2.24, 2.45) is 5.92 Å². The molecule has 0 aliphatic heterocycles. The van der Waals surface area contributed by atoms with Crippen LogP contribution in [0.15, 0.2) is 73.1 Å². The Bertz CT molecular complexity index is 1700. The molecule has 7 nitrogen and oxygen atoms in total. The molecule has 0 atom stereocenters. The van der Waals surface area contributed by atoms with E-state index in [2.05, 4.69) is 11.1 Å². The first-order valence-corrected chi connectivity index (χ1v) is 13.9. The second-order valence-corrected chi connectivity index (χ2v) is 11.3. The molecular formula is C27H23ClN4O3S. The van der Waals surface area contributed by atoms with E-state index >= 15 is 0 Å². The van der Waals surface area contributed by atoms with Crippen molar-refractivity contribution in [2.45, 2.75) is 18.8 Å². The van der Waals surface area contributed by atoms with Crippen molar-refractivity contribution in [1.82, 2.24) is 19.4 Å². The molecule has 0 spiro atoms. The van der Waals surface area contributed by atoms with Crippen molar-refractivity contribution < 1.29 is 12.6 Å². The molecule has 0 N–H and O–H groups in total. The van der Waals surface area contributed by atoms with E-state index in [1.807, 2.05) is 65.2 Å². The number of pyridine rings is 1. The van der Waals surface area contributed by atoms with Crippen LogP contribution in [0.2, 0.25) is 5.15 Å². The summed E-state index contributed by atoms with van der Waals surface area (Å²) in [6.07, 6.45) is 6.22. The molecule has 9 heteroatoms. The fourth-order valence-electron chi connectivity index (χ4n) is 4.85. The molecular weight excluding hydrogens is 496 g/mol. The molecule has 0 unspecified atom stereocenters. The number of rotatable bonds is 6. The SMILES string of the molecule is CS(=O)(=O)OCC1CC(c2nc(-c3ccc4ccc(-c5ccccc5)nc4c3)c3c(Cl)nccn23)C1. The Morgan fingerprint density at radius 2 is 1.81 bits per heavy atom. The predicted molar refractivity (Wildman–Crippen MR) is 140 cm³/mol. The van der Waals surface area contributed by atoms with Gasteiger partial charge in [0.1, 0.15) is 11.3 Å². The lowest BCUT2D eigenvalue weighted by molar-refractivity contribution is 0.159. The van der Waals surface area contributed by atoms with E-state index in [1.54, 1.807) is 6.20 Å². The number of aromatic nitrogens is 4. The lowest BCUT2D eigenvalue weighted by Gasteiger charge is -2.33. The van der Waals surface area contributed by atoms with Crippen LogP contribution in [-0.4, -0.2) is 40.6 Å². The summed E-state index contributed by atoms with van der Waals surface area (Å²) in [5.74, 6) is 1.26. The zero-order chi connectivity index (χ0) is 24.9. The standard InChI is InChI=1S/C27H23ClN4O3S/c1-36(33,34)35-16-17-13-21(14-17)27-31-24(25-26(28)29-11-12-32(25)27)20-8-7-19-9-10-22(30-23(19)15-20)18-5-3-2-4-6-18/h2-12,15,17,21H,13-14,16H2,1H3. The van der Waals surface area contributed by atoms with Crippen LogP contribution in [0.5, 0.6) is 0 Å². The first-order valence-electron chi connectivity index (χ1n) is 11.7. The highest BCUT2D eigenvalue weighted by Gasteiger charge is 2.35. The van der Waals surface area contributed by atoms with E-state index in [0.29, 0.717) is 5.15 Å². The Kier molecular flexibility index (Phi) is 5.75. The van der Waals surface area contributed by atoms with Gasteiger partial charge in [0.2, 0.25) is 0 Å². The quantitative estimate of drug-likeness (QED) is 0.267. The third kappa shape index (κ3) is 4.36. The smallest absolute Gasteiger partial charge is 0.264 e. The number of hydrogen-bond donors (Lipinski definition) is 0. The van der Waals surface area contributed by atoms with Crippen molar-refractivity contribution >= 4 is 38.1 Å². The van der Waals surface area contributed by atoms with Crippen LogP contribution in [0.25, 0.3) is 38.9 Å². The Morgan fingerprint density at radius 1 is 1.03 bits per heavy atom. The average Bonchev–Trinajstić information content (AvgIpc) is 3.23. The van der Waals surface area contributed by atoms with Crippen molar-refractivity contribution in [1.29, 1.82) is 0 Å². The molecule has 3 aromatic heterocycles. The Hall–Kier alpha value is -3.33. The fourth-order valence-corrected chi connectivity index (χ4v) is 5.53. The highest BCUT2D eigenvalue weighted by atomic mass is 35.5. The lowest BCUT2D eigenvalue weighted by Crippen LogP contribution is -2.28. The van der Waals surface area contributed by atoms with Crippen LogP contribution >= 0.6 is 11.6 Å². The normalized spacial score (nSPS) is 17.9. The summed E-state index contributed by atoms with van der Waals surface area (Å²) in [4.78, 5) is 14.2. The summed E-state index contributed by atoms with van der Waals surface area (Å²) in [6, 6.07) is 20.3. The van der Waals surface area contributed by atoms with E-state index in [9.17, 15) is 8.42 Å². The van der Waals surface area contributed by atoms with Gasteiger partial charge in [-0.3, -0.25) is 8.58 Å². The maximum Gasteiger partial charge on any atom is 0.264 e. The summed E-state index contributed by atoms with van der Waals surface area (Å²) < 4.78 is 29.6. The molecule has 3 heterocycles. The Morgan fingerprint density at radius 3 is 2.58 bits per heavy atom. The molecule has 182 valence electrons. The summed E-state index contributed by atoms with van der Waals surface area (Å²) in [6.45, 7) is 0.202. The molecule has 1 saturated carbocycles. The molecule has 36 heavy (non-hydrogen) atoms. The second kappa shape index (κ2) is 8.96. The van der Waals surface area contributed by atoms with Gasteiger partial charge in [-0.1, -0.05) is 60.1 Å². The van der Waals surface area contributed by atoms with Crippen LogP contribution in [0.1, 0.15) is 24.6 Å². The van der Waals surface area contributed by atoms with Gasteiger partial charge in [0.05, 0.1) is 29.8 Å². The Labute approximate surface area is 213 Å². The van der Waals surface area contributed by atoms with Crippen LogP contribution in [-0.2, 0) is 14.3 Å². The zero-order valence-corrected chi connectivity index (χ0v) is 21.1. The highest BCUT2D eigenvalue weighted by Crippen LogP contribution is 2.43. The minimum Gasteiger partial charge on any atom is -0.299 e. The van der Waals surface area contributed by atoms with Crippen LogP contribution in [0.3, 0.4) is 0 Å². The highest BCUT2D eigenvalue weighted by molar-refractivity contribution is 7.85. The molecule has 5 aromatic rings. The summed E-state index contributed by atoms with van der Waals surface area (Å²) in [5.41, 5.74) is 5.27. The van der Waals surface area contributed by atoms with E-state index < -0.39 is 10.1 Å². The van der Waals surface area contributed by atoms with Gasteiger partial charge in [-0.05, 0) is 30.9 Å². The largest absolute Gasteiger partial charge is 0.299 e. The molecule has 1 fully saturated rings. The number of hydrogen-bond acceptors (Lipinski definition) is 6. The first-order chi connectivity index (χ1) is 17.4. The molecule has 0 amide bonds. The fraction of sp³-hybridized carbons (Fsp3) is 0.222. The van der Waals surface area contributed by atoms with Crippen molar-refractivity contribution in [2.75, 3.05) is 12.9 Å². The Balaban J connectivity index is 1.37. The molecule has 1 aliphatic rings. The number of fused-ring (bicyclic) bond motifs is 2. The predicted octanol–water partition coefficient (Wildman–Crippen LogP) is 5.73. The molecule has 0 bridgehead atoms. The van der Waals surface area contributed by atoms with Crippen molar-refractivity contribution in [3.05, 3.63) is 84.0 Å². The van der Waals surface area contributed by atoms with Crippen LogP contribution < -0.4 is 0 Å². The van der Waals surface area contributed by atoms with Crippen molar-refractivity contribution in [3.8, 4) is 22.5 Å².